The monoisotopic (exact) mass is 543 g/mol. The summed E-state index contributed by atoms with van der Waals surface area (Å²) in [6.07, 6.45) is 1.66. The number of benzene rings is 1. The number of aryl methyl sites for hydroxylation is 1. The molecule has 1 aliphatic heterocycles. The summed E-state index contributed by atoms with van der Waals surface area (Å²) in [6, 6.07) is 8.96. The maximum Gasteiger partial charge on any atom is 0.272 e. The van der Waals surface area contributed by atoms with Gasteiger partial charge in [-0.05, 0) is 49.8 Å². The lowest BCUT2D eigenvalue weighted by molar-refractivity contribution is 0.0725. The summed E-state index contributed by atoms with van der Waals surface area (Å²) in [7, 11) is -1.87. The number of nitriles is 1. The van der Waals surface area contributed by atoms with E-state index in [0.29, 0.717) is 68.4 Å². The van der Waals surface area contributed by atoms with Crippen LogP contribution in [0.4, 0.5) is 0 Å². The molecule has 11 nitrogen and oxygen atoms in total. The third-order valence-electron chi connectivity index (χ3n) is 7.50. The predicted octanol–water partition coefficient (Wildman–Crippen LogP) is 0.691. The number of fused-ring (bicyclic) bond motifs is 1. The van der Waals surface area contributed by atoms with Gasteiger partial charge < -0.3 is 20.4 Å². The van der Waals surface area contributed by atoms with Gasteiger partial charge in [-0.2, -0.15) is 10.4 Å². The molecule has 12 heteroatoms. The Morgan fingerprint density at radius 2 is 1.95 bits per heavy atom. The van der Waals surface area contributed by atoms with E-state index < -0.39 is 27.3 Å². The summed E-state index contributed by atoms with van der Waals surface area (Å²) >= 11 is 0. The van der Waals surface area contributed by atoms with E-state index in [4.69, 9.17) is 5.26 Å². The van der Waals surface area contributed by atoms with Crippen LogP contribution in [0.25, 0.3) is 0 Å². The molecular weight excluding hydrogens is 510 g/mol. The molecule has 1 atom stereocenters. The molecule has 0 saturated heterocycles. The molecule has 2 aliphatic rings. The molecule has 1 saturated carbocycles. The number of nitrogens with one attached hydrogen (secondary N) is 1. The van der Waals surface area contributed by atoms with Crippen molar-refractivity contribution in [2.75, 3.05) is 25.4 Å². The van der Waals surface area contributed by atoms with Crippen LogP contribution in [-0.2, 0) is 29.9 Å². The van der Waals surface area contributed by atoms with Gasteiger partial charge in [0.25, 0.3) is 11.8 Å². The molecule has 3 N–H and O–H groups in total. The second-order valence-corrected chi connectivity index (χ2v) is 12.4. The van der Waals surface area contributed by atoms with E-state index in [1.807, 2.05) is 0 Å². The molecule has 1 aromatic carbocycles. The van der Waals surface area contributed by atoms with E-state index in [2.05, 4.69) is 16.5 Å². The quantitative estimate of drug-likeness (QED) is 0.329. The number of amides is 2. The minimum atomic E-state index is -3.51. The summed E-state index contributed by atoms with van der Waals surface area (Å²) in [4.78, 5) is 27.7. The van der Waals surface area contributed by atoms with E-state index >= 15 is 0 Å². The molecule has 1 aliphatic carbocycles. The average molecular weight is 544 g/mol. The van der Waals surface area contributed by atoms with Gasteiger partial charge in [-0.3, -0.25) is 14.3 Å². The molecule has 204 valence electrons. The van der Waals surface area contributed by atoms with Crippen LogP contribution in [0.3, 0.4) is 0 Å². The summed E-state index contributed by atoms with van der Waals surface area (Å²) in [5.74, 6) is -0.624. The Balaban J connectivity index is 1.28. The number of aliphatic hydroxyl groups is 2. The van der Waals surface area contributed by atoms with Gasteiger partial charge in [-0.25, -0.2) is 8.42 Å². The van der Waals surface area contributed by atoms with E-state index in [1.165, 1.54) is 4.68 Å². The number of aliphatic hydroxyl groups excluding tert-OH is 2. The zero-order valence-corrected chi connectivity index (χ0v) is 22.2. The van der Waals surface area contributed by atoms with Crippen LogP contribution < -0.4 is 5.32 Å². The Bertz CT molecular complexity index is 1340. The molecule has 1 unspecified atom stereocenters. The summed E-state index contributed by atoms with van der Waals surface area (Å²) in [5.41, 5.74) is 2.62. The highest BCUT2D eigenvalue weighted by Crippen LogP contribution is 2.47. The van der Waals surface area contributed by atoms with E-state index in [1.54, 1.807) is 36.2 Å². The highest BCUT2D eigenvalue weighted by molar-refractivity contribution is 7.93. The third-order valence-corrected chi connectivity index (χ3v) is 10.2. The largest absolute Gasteiger partial charge is 0.394 e. The Kier molecular flexibility index (Phi) is 8.20. The van der Waals surface area contributed by atoms with Gasteiger partial charge in [0, 0.05) is 32.2 Å². The first-order valence-corrected chi connectivity index (χ1v) is 14.4. The van der Waals surface area contributed by atoms with Gasteiger partial charge in [-0.1, -0.05) is 18.6 Å². The van der Waals surface area contributed by atoms with Crippen molar-refractivity contribution >= 4 is 21.7 Å². The van der Waals surface area contributed by atoms with Crippen molar-refractivity contribution in [1.29, 1.82) is 5.26 Å². The second-order valence-electron chi connectivity index (χ2n) is 9.98. The van der Waals surface area contributed by atoms with E-state index in [9.17, 15) is 28.2 Å². The van der Waals surface area contributed by atoms with Gasteiger partial charge in [0.1, 0.15) is 10.4 Å². The summed E-state index contributed by atoms with van der Waals surface area (Å²) < 4.78 is 25.5. The predicted molar refractivity (Wildman–Crippen MR) is 138 cm³/mol. The van der Waals surface area contributed by atoms with Gasteiger partial charge in [0.05, 0.1) is 30.1 Å². The van der Waals surface area contributed by atoms with Crippen LogP contribution in [0.5, 0.6) is 0 Å². The summed E-state index contributed by atoms with van der Waals surface area (Å²) in [5, 5.41) is 35.1. The van der Waals surface area contributed by atoms with E-state index in [-0.39, 0.29) is 29.8 Å². The molecule has 2 amide bonds. The van der Waals surface area contributed by atoms with Gasteiger partial charge in [-0.15, -0.1) is 0 Å². The van der Waals surface area contributed by atoms with Crippen LogP contribution >= 0.6 is 0 Å². The van der Waals surface area contributed by atoms with Crippen molar-refractivity contribution in [1.82, 2.24) is 20.0 Å². The maximum atomic E-state index is 13.1. The number of rotatable bonds is 12. The van der Waals surface area contributed by atoms with Gasteiger partial charge in [0.15, 0.2) is 15.5 Å². The maximum absolute atomic E-state index is 13.1. The standard InChI is InChI=1S/C26H33N5O6S/c1-30-23-20(22(29-30)24(34)28-16-19-7-5-18(15-27)6-8-19)9-13-31(25(23)35)12-3-2-4-14-38(36,37)26(10-11-26)21(33)17-32/h5-8,21,32-33H,2-4,9-14,16-17H2,1H3,(H,28,34). The molecule has 2 aromatic rings. The first kappa shape index (κ1) is 27.8. The van der Waals surface area contributed by atoms with Crippen molar-refractivity contribution in [3.8, 4) is 6.07 Å². The average Bonchev–Trinajstić information content (AvgIpc) is 3.67. The van der Waals surface area contributed by atoms with Crippen molar-refractivity contribution in [3.63, 3.8) is 0 Å². The first-order chi connectivity index (χ1) is 18.1. The molecule has 1 fully saturated rings. The number of unbranched alkanes of at least 4 members (excludes halogenated alkanes) is 2. The first-order valence-electron chi connectivity index (χ1n) is 12.8. The second kappa shape index (κ2) is 11.2. The van der Waals surface area contributed by atoms with Crippen molar-refractivity contribution in [2.45, 2.75) is 55.9 Å². The zero-order chi connectivity index (χ0) is 27.5. The lowest BCUT2D eigenvalue weighted by Crippen LogP contribution is -2.40. The molecule has 4 rings (SSSR count). The lowest BCUT2D eigenvalue weighted by Gasteiger charge is -2.27. The summed E-state index contributed by atoms with van der Waals surface area (Å²) in [6.45, 7) is 0.615. The molecule has 0 radical (unpaired) electrons. The van der Waals surface area contributed by atoms with Gasteiger partial charge in [0.2, 0.25) is 0 Å². The van der Waals surface area contributed by atoms with Crippen LogP contribution in [0, 0.1) is 11.3 Å². The Morgan fingerprint density at radius 3 is 2.58 bits per heavy atom. The zero-order valence-electron chi connectivity index (χ0n) is 21.4. The SMILES string of the molecule is Cn1nc(C(=O)NCc2ccc(C#N)cc2)c2c1C(=O)N(CCCCCS(=O)(=O)C1(C(O)CO)CC1)CC2. The molecule has 0 bridgehead atoms. The fourth-order valence-corrected chi connectivity index (χ4v) is 7.25. The van der Waals surface area contributed by atoms with E-state index in [0.717, 1.165) is 5.56 Å². The van der Waals surface area contributed by atoms with Crippen molar-refractivity contribution in [2.24, 2.45) is 7.05 Å². The molecular formula is C26H33N5O6S. The normalized spacial score (nSPS) is 17.0. The number of nitrogens with zero attached hydrogens (tertiary/aromatic N) is 4. The Morgan fingerprint density at radius 1 is 1.24 bits per heavy atom. The topological polar surface area (TPSA) is 166 Å². The Labute approximate surface area is 222 Å². The number of carbonyl (C=O) groups excluding carboxylic acids is 2. The molecule has 1 aromatic heterocycles. The van der Waals surface area contributed by atoms with Crippen LogP contribution in [0.1, 0.15) is 69.8 Å². The van der Waals surface area contributed by atoms with Gasteiger partial charge >= 0.3 is 0 Å². The van der Waals surface area contributed by atoms with Crippen LogP contribution in [-0.4, -0.2) is 81.4 Å². The Hall–Kier alpha value is -3.27. The molecule has 38 heavy (non-hydrogen) atoms. The van der Waals surface area contributed by atoms with Crippen LogP contribution in [0.2, 0.25) is 0 Å². The number of carbonyl (C=O) groups is 2. The number of hydrogen-bond donors (Lipinski definition) is 3. The number of sulfone groups is 1. The highest BCUT2D eigenvalue weighted by atomic mass is 32.2. The molecule has 2 heterocycles. The van der Waals surface area contributed by atoms with Crippen molar-refractivity contribution < 1.29 is 28.2 Å². The highest BCUT2D eigenvalue weighted by Gasteiger charge is 2.58. The van der Waals surface area contributed by atoms with Crippen LogP contribution in [0.15, 0.2) is 24.3 Å². The minimum Gasteiger partial charge on any atom is -0.394 e. The van der Waals surface area contributed by atoms with Crippen molar-refractivity contribution in [3.05, 3.63) is 52.3 Å². The minimum absolute atomic E-state index is 0.0508. The third kappa shape index (κ3) is 5.45. The smallest absolute Gasteiger partial charge is 0.272 e. The fourth-order valence-electron chi connectivity index (χ4n) is 5.05. The number of hydrogen-bond acceptors (Lipinski definition) is 8. The lowest BCUT2D eigenvalue weighted by atomic mass is 10.0. The number of aromatic nitrogens is 2. The fraction of sp³-hybridized carbons (Fsp3) is 0.538. The molecule has 0 spiro atoms.